The highest BCUT2D eigenvalue weighted by Gasteiger charge is 2.33. The quantitative estimate of drug-likeness (QED) is 0.904. The Kier molecular flexibility index (Phi) is 3.93. The maximum atomic E-state index is 12.2. The molecule has 1 fully saturated rings. The summed E-state index contributed by atoms with van der Waals surface area (Å²) in [4.78, 5) is 41.8. The number of amides is 1. The fourth-order valence-electron chi connectivity index (χ4n) is 2.73. The van der Waals surface area contributed by atoms with E-state index in [-0.39, 0.29) is 24.4 Å². The van der Waals surface area contributed by atoms with Gasteiger partial charge in [0.1, 0.15) is 10.9 Å². The minimum Gasteiger partial charge on any atom is -0.480 e. The van der Waals surface area contributed by atoms with Crippen molar-refractivity contribution in [3.05, 3.63) is 28.1 Å². The summed E-state index contributed by atoms with van der Waals surface area (Å²) < 4.78 is 1.40. The van der Waals surface area contributed by atoms with Crippen molar-refractivity contribution in [3.63, 3.8) is 0 Å². The van der Waals surface area contributed by atoms with E-state index < -0.39 is 12.0 Å². The predicted molar refractivity (Wildman–Crippen MR) is 80.9 cm³/mol. The van der Waals surface area contributed by atoms with Crippen LogP contribution in [-0.4, -0.2) is 44.0 Å². The second kappa shape index (κ2) is 5.88. The first-order chi connectivity index (χ1) is 10.6. The Balaban J connectivity index is 1.71. The Morgan fingerprint density at radius 2 is 2.27 bits per heavy atom. The third-order valence-electron chi connectivity index (χ3n) is 3.88. The average Bonchev–Trinajstić information content (AvgIpc) is 3.15. The first-order valence-electron chi connectivity index (χ1n) is 7.03. The normalized spacial score (nSPS) is 18.0. The molecule has 0 saturated carbocycles. The third-order valence-corrected chi connectivity index (χ3v) is 4.70. The maximum Gasteiger partial charge on any atom is 0.326 e. The van der Waals surface area contributed by atoms with Gasteiger partial charge in [-0.1, -0.05) is 0 Å². The molecule has 1 aliphatic rings. The van der Waals surface area contributed by atoms with Gasteiger partial charge in [0.15, 0.2) is 0 Å². The highest BCUT2D eigenvalue weighted by molar-refractivity contribution is 7.16. The summed E-state index contributed by atoms with van der Waals surface area (Å²) in [5, 5.41) is 11.4. The van der Waals surface area contributed by atoms with Gasteiger partial charge in [-0.2, -0.15) is 0 Å². The average molecular weight is 321 g/mol. The lowest BCUT2D eigenvalue weighted by Crippen LogP contribution is -2.41. The van der Waals surface area contributed by atoms with Crippen molar-refractivity contribution in [2.75, 3.05) is 6.54 Å². The molecule has 1 N–H and O–H groups in total. The number of likely N-dealkylation sites (tertiary alicyclic amines) is 1. The topological polar surface area (TPSA) is 92.5 Å². The number of thiophene rings is 1. The molecule has 0 aliphatic carbocycles. The van der Waals surface area contributed by atoms with Crippen molar-refractivity contribution in [2.45, 2.75) is 31.8 Å². The van der Waals surface area contributed by atoms with E-state index in [1.807, 2.05) is 0 Å². The summed E-state index contributed by atoms with van der Waals surface area (Å²) in [7, 11) is 0. The number of carboxylic acid groups (broad SMARTS) is 1. The molecule has 1 aliphatic heterocycles. The van der Waals surface area contributed by atoms with Gasteiger partial charge >= 0.3 is 5.97 Å². The van der Waals surface area contributed by atoms with Crippen LogP contribution in [0.25, 0.3) is 10.2 Å². The lowest BCUT2D eigenvalue weighted by molar-refractivity contribution is -0.148. The number of fused-ring (bicyclic) bond motifs is 1. The van der Waals surface area contributed by atoms with Crippen LogP contribution in [0.4, 0.5) is 0 Å². The van der Waals surface area contributed by atoms with Crippen LogP contribution in [0.5, 0.6) is 0 Å². The van der Waals surface area contributed by atoms with Crippen molar-refractivity contribution >= 4 is 33.4 Å². The van der Waals surface area contributed by atoms with Crippen molar-refractivity contribution in [1.82, 2.24) is 14.5 Å². The van der Waals surface area contributed by atoms with Crippen LogP contribution in [0.3, 0.4) is 0 Å². The van der Waals surface area contributed by atoms with Crippen LogP contribution < -0.4 is 5.56 Å². The summed E-state index contributed by atoms with van der Waals surface area (Å²) in [6, 6.07) is 0.982. The largest absolute Gasteiger partial charge is 0.480 e. The molecule has 0 bridgehead atoms. The minimum absolute atomic E-state index is 0.0982. The second-order valence-corrected chi connectivity index (χ2v) is 6.11. The monoisotopic (exact) mass is 321 g/mol. The minimum atomic E-state index is -0.968. The molecule has 22 heavy (non-hydrogen) atoms. The molecular weight excluding hydrogens is 306 g/mol. The van der Waals surface area contributed by atoms with Gasteiger partial charge in [0.25, 0.3) is 5.56 Å². The zero-order valence-electron chi connectivity index (χ0n) is 11.8. The first-order valence-corrected chi connectivity index (χ1v) is 7.91. The molecule has 7 nitrogen and oxygen atoms in total. The zero-order chi connectivity index (χ0) is 15.7. The number of carbonyl (C=O) groups excluding carboxylic acids is 1. The summed E-state index contributed by atoms with van der Waals surface area (Å²) in [6.07, 6.45) is 2.72. The van der Waals surface area contributed by atoms with Crippen LogP contribution in [0, 0.1) is 0 Å². The smallest absolute Gasteiger partial charge is 0.326 e. The van der Waals surface area contributed by atoms with E-state index >= 15 is 0 Å². The zero-order valence-corrected chi connectivity index (χ0v) is 12.6. The Morgan fingerprint density at radius 1 is 1.45 bits per heavy atom. The molecule has 116 valence electrons. The van der Waals surface area contributed by atoms with Crippen molar-refractivity contribution in [3.8, 4) is 0 Å². The van der Waals surface area contributed by atoms with Crippen LogP contribution in [0.2, 0.25) is 0 Å². The number of hydrogen-bond donors (Lipinski definition) is 1. The van der Waals surface area contributed by atoms with Gasteiger partial charge in [0.2, 0.25) is 5.91 Å². The third kappa shape index (κ3) is 2.61. The van der Waals surface area contributed by atoms with E-state index in [1.165, 1.54) is 27.1 Å². The van der Waals surface area contributed by atoms with Crippen LogP contribution in [-0.2, 0) is 16.1 Å². The number of hydrogen-bond acceptors (Lipinski definition) is 5. The first kappa shape index (κ1) is 14.7. The van der Waals surface area contributed by atoms with Gasteiger partial charge in [0, 0.05) is 19.5 Å². The number of nitrogens with zero attached hydrogens (tertiary/aromatic N) is 3. The highest BCUT2D eigenvalue weighted by Crippen LogP contribution is 2.18. The van der Waals surface area contributed by atoms with Crippen LogP contribution in [0.1, 0.15) is 19.3 Å². The van der Waals surface area contributed by atoms with E-state index in [0.717, 1.165) is 0 Å². The standard InChI is InChI=1S/C14H15N3O4S/c18-11(17-5-1-2-10(17)14(20)21)3-6-16-8-15-12-9(13(16)19)4-7-22-12/h4,7-8,10H,1-3,5-6H2,(H,20,21)/t10-/m1/s1. The number of aryl methyl sites for hydroxylation is 1. The predicted octanol–water partition coefficient (Wildman–Crippen LogP) is 0.924. The Labute approximate surface area is 129 Å². The molecule has 2 aromatic heterocycles. The summed E-state index contributed by atoms with van der Waals surface area (Å²) in [5.74, 6) is -1.20. The van der Waals surface area contributed by atoms with E-state index in [2.05, 4.69) is 4.98 Å². The Morgan fingerprint density at radius 3 is 3.05 bits per heavy atom. The molecule has 1 amide bonds. The summed E-state index contributed by atoms with van der Waals surface area (Å²) in [5.41, 5.74) is -0.171. The van der Waals surface area contributed by atoms with E-state index in [4.69, 9.17) is 5.11 Å². The molecule has 8 heteroatoms. The molecule has 1 saturated heterocycles. The van der Waals surface area contributed by atoms with Crippen molar-refractivity contribution in [1.29, 1.82) is 0 Å². The van der Waals surface area contributed by atoms with Crippen LogP contribution >= 0.6 is 11.3 Å². The van der Waals surface area contributed by atoms with Gasteiger partial charge in [0.05, 0.1) is 11.7 Å². The molecule has 0 radical (unpaired) electrons. The number of carbonyl (C=O) groups is 2. The van der Waals surface area contributed by atoms with E-state index in [1.54, 1.807) is 11.4 Å². The molecule has 0 unspecified atom stereocenters. The molecule has 0 aromatic carbocycles. The van der Waals surface area contributed by atoms with Gasteiger partial charge < -0.3 is 10.0 Å². The number of aromatic nitrogens is 2. The molecule has 0 spiro atoms. The Bertz CT molecular complexity index is 782. The van der Waals surface area contributed by atoms with Crippen molar-refractivity contribution < 1.29 is 14.7 Å². The SMILES string of the molecule is O=C(O)[C@H]1CCCN1C(=O)CCn1cnc2sccc2c1=O. The number of aliphatic carboxylic acids is 1. The maximum absolute atomic E-state index is 12.2. The highest BCUT2D eigenvalue weighted by atomic mass is 32.1. The van der Waals surface area contributed by atoms with Gasteiger partial charge in [-0.05, 0) is 24.3 Å². The fourth-order valence-corrected chi connectivity index (χ4v) is 3.46. The van der Waals surface area contributed by atoms with E-state index in [9.17, 15) is 14.4 Å². The number of carboxylic acids is 1. The molecule has 3 rings (SSSR count). The molecule has 2 aromatic rings. The lowest BCUT2D eigenvalue weighted by atomic mass is 10.2. The second-order valence-electron chi connectivity index (χ2n) is 5.22. The fraction of sp³-hybridized carbons (Fsp3) is 0.429. The van der Waals surface area contributed by atoms with Gasteiger partial charge in [-0.25, -0.2) is 9.78 Å². The van der Waals surface area contributed by atoms with E-state index in [0.29, 0.717) is 29.6 Å². The summed E-state index contributed by atoms with van der Waals surface area (Å²) >= 11 is 1.39. The number of rotatable bonds is 4. The molecular formula is C14H15N3O4S. The van der Waals surface area contributed by atoms with Crippen molar-refractivity contribution in [2.24, 2.45) is 0 Å². The lowest BCUT2D eigenvalue weighted by Gasteiger charge is -2.21. The molecule has 3 heterocycles. The Hall–Kier alpha value is -2.22. The van der Waals surface area contributed by atoms with Gasteiger partial charge in [-0.3, -0.25) is 14.2 Å². The molecule has 1 atom stereocenters. The van der Waals surface area contributed by atoms with Crippen LogP contribution in [0.15, 0.2) is 22.6 Å². The van der Waals surface area contributed by atoms with Gasteiger partial charge in [-0.15, -0.1) is 11.3 Å². The summed E-state index contributed by atoms with van der Waals surface area (Å²) in [6.45, 7) is 0.672.